The lowest BCUT2D eigenvalue weighted by atomic mass is 10.1. The molecule has 0 fully saturated rings. The second kappa shape index (κ2) is 5.66. The molecule has 2 nitrogen and oxygen atoms in total. The number of hydrogen-bond acceptors (Lipinski definition) is 2. The molecular weight excluding hydrogens is 294 g/mol. The number of benzene rings is 2. The van der Waals surface area contributed by atoms with Crippen molar-refractivity contribution in [2.45, 2.75) is 6.54 Å². The number of aromatic nitrogens is 1. The summed E-state index contributed by atoms with van der Waals surface area (Å²) in [5.41, 5.74) is 1.29. The van der Waals surface area contributed by atoms with Crippen LogP contribution in [-0.4, -0.2) is 4.98 Å². The first-order chi connectivity index (χ1) is 10.1. The number of nitrogens with zero attached hydrogens (tertiary/aromatic N) is 1. The molecule has 0 radical (unpaired) electrons. The number of para-hydroxylation sites is 2. The van der Waals surface area contributed by atoms with Gasteiger partial charge in [-0.1, -0.05) is 35.9 Å². The average Bonchev–Trinajstić information content (AvgIpc) is 2.47. The first-order valence-corrected chi connectivity index (χ1v) is 6.75. The summed E-state index contributed by atoms with van der Waals surface area (Å²) >= 11 is 6.11. The zero-order chi connectivity index (χ0) is 14.8. The van der Waals surface area contributed by atoms with E-state index >= 15 is 0 Å². The number of halogens is 3. The maximum Gasteiger partial charge on any atom is 0.149 e. The van der Waals surface area contributed by atoms with Crippen LogP contribution in [0, 0.1) is 11.6 Å². The van der Waals surface area contributed by atoms with Crippen LogP contribution >= 0.6 is 11.6 Å². The van der Waals surface area contributed by atoms with E-state index in [9.17, 15) is 8.78 Å². The van der Waals surface area contributed by atoms with Crippen molar-refractivity contribution >= 4 is 28.2 Å². The van der Waals surface area contributed by atoms with Gasteiger partial charge in [-0.15, -0.1) is 0 Å². The van der Waals surface area contributed by atoms with E-state index in [-0.39, 0.29) is 12.2 Å². The molecule has 0 aliphatic heterocycles. The largest absolute Gasteiger partial charge is 0.376 e. The van der Waals surface area contributed by atoms with Gasteiger partial charge in [0.1, 0.15) is 22.5 Å². The number of rotatable bonds is 3. The molecule has 0 saturated heterocycles. The molecule has 5 heteroatoms. The highest BCUT2D eigenvalue weighted by atomic mass is 35.5. The van der Waals surface area contributed by atoms with Crippen molar-refractivity contribution < 1.29 is 8.78 Å². The number of pyridine rings is 1. The van der Waals surface area contributed by atoms with Crippen LogP contribution < -0.4 is 5.32 Å². The fourth-order valence-corrected chi connectivity index (χ4v) is 2.32. The lowest BCUT2D eigenvalue weighted by Gasteiger charge is -2.10. The zero-order valence-corrected chi connectivity index (χ0v) is 11.7. The lowest BCUT2D eigenvalue weighted by molar-refractivity contribution is 0.588. The van der Waals surface area contributed by atoms with Crippen molar-refractivity contribution in [2.75, 3.05) is 5.32 Å². The van der Waals surface area contributed by atoms with Crippen LogP contribution in [0.25, 0.3) is 10.9 Å². The van der Waals surface area contributed by atoms with Crippen LogP contribution in [0.1, 0.15) is 5.56 Å². The van der Waals surface area contributed by atoms with Crippen molar-refractivity contribution in [2.24, 2.45) is 0 Å². The molecule has 1 N–H and O–H groups in total. The van der Waals surface area contributed by atoms with Gasteiger partial charge in [-0.2, -0.15) is 0 Å². The van der Waals surface area contributed by atoms with E-state index < -0.39 is 11.6 Å². The third kappa shape index (κ3) is 2.81. The summed E-state index contributed by atoms with van der Waals surface area (Å²) in [5, 5.41) is 3.97. The first-order valence-electron chi connectivity index (χ1n) is 6.37. The second-order valence-corrected chi connectivity index (χ2v) is 4.94. The summed E-state index contributed by atoms with van der Waals surface area (Å²) in [6.45, 7) is 0.189. The molecule has 0 atom stereocenters. The van der Waals surface area contributed by atoms with E-state index in [0.717, 1.165) is 10.9 Å². The summed E-state index contributed by atoms with van der Waals surface area (Å²) in [6, 6.07) is 13.1. The second-order valence-electron chi connectivity index (χ2n) is 4.58. The molecule has 21 heavy (non-hydrogen) atoms. The van der Waals surface area contributed by atoms with Gasteiger partial charge in [-0.3, -0.25) is 0 Å². The fraction of sp³-hybridized carbons (Fsp3) is 0.0625. The van der Waals surface area contributed by atoms with Gasteiger partial charge in [0.15, 0.2) is 0 Å². The van der Waals surface area contributed by atoms with Crippen LogP contribution in [-0.2, 0) is 6.54 Å². The van der Waals surface area contributed by atoms with E-state index in [1.165, 1.54) is 18.2 Å². The molecule has 0 bridgehead atoms. The molecule has 2 aromatic carbocycles. The van der Waals surface area contributed by atoms with Gasteiger partial charge in [0.05, 0.1) is 5.52 Å². The smallest absolute Gasteiger partial charge is 0.149 e. The van der Waals surface area contributed by atoms with Gasteiger partial charge in [-0.25, -0.2) is 13.8 Å². The Kier molecular flexibility index (Phi) is 3.71. The highest BCUT2D eigenvalue weighted by molar-refractivity contribution is 6.30. The Morgan fingerprint density at radius 1 is 1.00 bits per heavy atom. The van der Waals surface area contributed by atoms with E-state index in [1.807, 2.05) is 30.3 Å². The summed E-state index contributed by atoms with van der Waals surface area (Å²) in [7, 11) is 0. The molecule has 1 heterocycles. The molecule has 0 spiro atoms. The minimum Gasteiger partial charge on any atom is -0.376 e. The summed E-state index contributed by atoms with van der Waals surface area (Å²) in [5.74, 6) is -1.28. The molecule has 0 aliphatic rings. The Bertz CT molecular complexity index is 785. The number of fused-ring (bicyclic) bond motifs is 1. The maximum atomic E-state index is 13.6. The third-order valence-electron chi connectivity index (χ3n) is 3.17. The fourth-order valence-electron chi connectivity index (χ4n) is 2.11. The van der Waals surface area contributed by atoms with Crippen LogP contribution in [0.2, 0.25) is 5.15 Å². The SMILES string of the molecule is Fc1cccc(F)c1NCc1cc2ccccc2nc1Cl. The van der Waals surface area contributed by atoms with Gasteiger partial charge in [-0.05, 0) is 24.3 Å². The standard InChI is InChI=1S/C16H11ClF2N2/c17-16-11(8-10-4-1-2-7-14(10)21-16)9-20-15-12(18)5-3-6-13(15)19/h1-8,20H,9H2. The molecule has 1 aromatic heterocycles. The maximum absolute atomic E-state index is 13.6. The summed E-state index contributed by atoms with van der Waals surface area (Å²) in [4.78, 5) is 4.27. The Morgan fingerprint density at radius 2 is 1.71 bits per heavy atom. The minimum absolute atomic E-state index is 0.165. The Morgan fingerprint density at radius 3 is 2.48 bits per heavy atom. The van der Waals surface area contributed by atoms with Crippen molar-refractivity contribution in [1.82, 2.24) is 4.98 Å². The zero-order valence-electron chi connectivity index (χ0n) is 10.9. The van der Waals surface area contributed by atoms with Crippen LogP contribution in [0.15, 0.2) is 48.5 Å². The predicted octanol–water partition coefficient (Wildman–Crippen LogP) is 4.78. The van der Waals surface area contributed by atoms with E-state index in [2.05, 4.69) is 10.3 Å². The monoisotopic (exact) mass is 304 g/mol. The van der Waals surface area contributed by atoms with Crippen LogP contribution in [0.5, 0.6) is 0 Å². The highest BCUT2D eigenvalue weighted by Gasteiger charge is 2.10. The summed E-state index contributed by atoms with van der Waals surface area (Å²) in [6.07, 6.45) is 0. The summed E-state index contributed by atoms with van der Waals surface area (Å²) < 4.78 is 27.1. The van der Waals surface area contributed by atoms with E-state index in [0.29, 0.717) is 10.7 Å². The normalized spacial score (nSPS) is 10.8. The van der Waals surface area contributed by atoms with Gasteiger partial charge in [0.2, 0.25) is 0 Å². The van der Waals surface area contributed by atoms with Crippen molar-refractivity contribution in [3.63, 3.8) is 0 Å². The van der Waals surface area contributed by atoms with Crippen LogP contribution in [0.4, 0.5) is 14.5 Å². The molecule has 0 aliphatic carbocycles. The topological polar surface area (TPSA) is 24.9 Å². The average molecular weight is 305 g/mol. The minimum atomic E-state index is -0.639. The van der Waals surface area contributed by atoms with Crippen molar-refractivity contribution in [3.05, 3.63) is 70.9 Å². The molecule has 0 unspecified atom stereocenters. The third-order valence-corrected chi connectivity index (χ3v) is 3.50. The lowest BCUT2D eigenvalue weighted by Crippen LogP contribution is -2.05. The van der Waals surface area contributed by atoms with Gasteiger partial charge in [0, 0.05) is 17.5 Å². The molecule has 0 saturated carbocycles. The van der Waals surface area contributed by atoms with Crippen molar-refractivity contribution in [3.8, 4) is 0 Å². The van der Waals surface area contributed by atoms with Gasteiger partial charge < -0.3 is 5.32 Å². The molecular formula is C16H11ClF2N2. The number of anilines is 1. The van der Waals surface area contributed by atoms with Crippen LogP contribution in [0.3, 0.4) is 0 Å². The van der Waals surface area contributed by atoms with E-state index in [1.54, 1.807) is 0 Å². The molecule has 3 rings (SSSR count). The molecule has 3 aromatic rings. The Balaban J connectivity index is 1.90. The van der Waals surface area contributed by atoms with Crippen molar-refractivity contribution in [1.29, 1.82) is 0 Å². The Labute approximate surface area is 125 Å². The van der Waals surface area contributed by atoms with Gasteiger partial charge >= 0.3 is 0 Å². The van der Waals surface area contributed by atoms with Gasteiger partial charge in [0.25, 0.3) is 0 Å². The first kappa shape index (κ1) is 13.8. The number of nitrogens with one attached hydrogen (secondary N) is 1. The number of hydrogen-bond donors (Lipinski definition) is 1. The Hall–Kier alpha value is -2.20. The molecule has 106 valence electrons. The predicted molar refractivity (Wildman–Crippen MR) is 80.4 cm³/mol. The highest BCUT2D eigenvalue weighted by Crippen LogP contribution is 2.23. The van der Waals surface area contributed by atoms with E-state index in [4.69, 9.17) is 11.6 Å². The quantitative estimate of drug-likeness (QED) is 0.704. The molecule has 0 amide bonds.